The molecule has 0 spiro atoms. The first-order chi connectivity index (χ1) is 15.9. The maximum atomic E-state index is 12.7. The van der Waals surface area contributed by atoms with Crippen molar-refractivity contribution in [2.75, 3.05) is 18.1 Å². The Morgan fingerprint density at radius 2 is 1.39 bits per heavy atom. The second-order valence-corrected chi connectivity index (χ2v) is 8.16. The van der Waals surface area contributed by atoms with Gasteiger partial charge in [-0.3, -0.25) is 9.80 Å². The number of aryl methyl sites for hydroxylation is 1. The molecule has 0 unspecified atom stereocenters. The lowest BCUT2D eigenvalue weighted by atomic mass is 10.0. The molecule has 5 heteroatoms. The molecule has 0 saturated carbocycles. The minimum Gasteiger partial charge on any atom is -0.400 e. The molecule has 0 radical (unpaired) electrons. The van der Waals surface area contributed by atoms with Crippen LogP contribution < -0.4 is 16.6 Å². The molecule has 0 bridgehead atoms. The van der Waals surface area contributed by atoms with Gasteiger partial charge in [-0.05, 0) is 49.6 Å². The SMILES string of the molecule is CCN(CC)C(=O)C/C(N)=C(\Cc1ccc(-c2ccccc2)cc1)N(N)c1ccc(C)cc1. The zero-order valence-electron chi connectivity index (χ0n) is 19.8. The minimum atomic E-state index is 0.00623. The standard InChI is InChI=1S/C28H34N4O/c1-4-31(5-2)28(33)20-26(29)27(32(30)25-17-11-21(3)12-18-25)19-22-13-15-24(16-14-22)23-9-7-6-8-10-23/h6-18H,4-5,19-20,29-30H2,1-3H3/b27-26-. The quantitative estimate of drug-likeness (QED) is 0.361. The topological polar surface area (TPSA) is 75.6 Å². The number of anilines is 1. The van der Waals surface area contributed by atoms with Gasteiger partial charge in [-0.25, -0.2) is 5.84 Å². The largest absolute Gasteiger partial charge is 0.400 e. The Bertz CT molecular complexity index is 1070. The van der Waals surface area contributed by atoms with Crippen LogP contribution >= 0.6 is 0 Å². The summed E-state index contributed by atoms with van der Waals surface area (Å²) in [4.78, 5) is 14.5. The summed E-state index contributed by atoms with van der Waals surface area (Å²) in [7, 11) is 0. The summed E-state index contributed by atoms with van der Waals surface area (Å²) in [5.41, 5.74) is 13.1. The van der Waals surface area contributed by atoms with E-state index < -0.39 is 0 Å². The van der Waals surface area contributed by atoms with Crippen molar-refractivity contribution in [1.82, 2.24) is 4.90 Å². The van der Waals surface area contributed by atoms with Crippen molar-refractivity contribution in [2.45, 2.75) is 33.6 Å². The fraction of sp³-hybridized carbons (Fsp3) is 0.250. The molecule has 0 heterocycles. The van der Waals surface area contributed by atoms with Crippen molar-refractivity contribution in [3.8, 4) is 11.1 Å². The molecule has 0 aromatic heterocycles. The summed E-state index contributed by atoms with van der Waals surface area (Å²) in [6, 6.07) is 26.6. The third kappa shape index (κ3) is 6.24. The summed E-state index contributed by atoms with van der Waals surface area (Å²) in [5.74, 6) is 6.55. The monoisotopic (exact) mass is 442 g/mol. The molecule has 3 rings (SSSR count). The summed E-state index contributed by atoms with van der Waals surface area (Å²) < 4.78 is 0. The fourth-order valence-electron chi connectivity index (χ4n) is 3.81. The molecular weight excluding hydrogens is 408 g/mol. The highest BCUT2D eigenvalue weighted by Crippen LogP contribution is 2.24. The van der Waals surface area contributed by atoms with E-state index in [0.29, 0.717) is 25.2 Å². The fourth-order valence-corrected chi connectivity index (χ4v) is 3.81. The van der Waals surface area contributed by atoms with Crippen LogP contribution in [0.3, 0.4) is 0 Å². The van der Waals surface area contributed by atoms with Crippen molar-refractivity contribution >= 4 is 11.6 Å². The Balaban J connectivity index is 1.90. The molecule has 0 atom stereocenters. The first-order valence-corrected chi connectivity index (χ1v) is 11.4. The van der Waals surface area contributed by atoms with Crippen molar-refractivity contribution in [3.05, 3.63) is 101 Å². The lowest BCUT2D eigenvalue weighted by Gasteiger charge is -2.26. The number of rotatable bonds is 9. The van der Waals surface area contributed by atoms with E-state index in [1.807, 2.05) is 63.2 Å². The maximum absolute atomic E-state index is 12.7. The molecule has 0 fully saturated rings. The van der Waals surface area contributed by atoms with Gasteiger partial charge in [-0.1, -0.05) is 72.3 Å². The molecule has 0 aliphatic carbocycles. The van der Waals surface area contributed by atoms with Gasteiger partial charge in [0.05, 0.1) is 17.8 Å². The molecule has 4 N–H and O–H groups in total. The van der Waals surface area contributed by atoms with E-state index in [-0.39, 0.29) is 12.3 Å². The van der Waals surface area contributed by atoms with E-state index in [4.69, 9.17) is 11.6 Å². The second kappa shape index (κ2) is 11.3. The van der Waals surface area contributed by atoms with Crippen LogP contribution in [0.4, 0.5) is 5.69 Å². The molecule has 5 nitrogen and oxygen atoms in total. The van der Waals surface area contributed by atoms with Gasteiger partial charge in [0.1, 0.15) is 0 Å². The smallest absolute Gasteiger partial charge is 0.228 e. The molecule has 1 amide bonds. The molecule has 3 aromatic carbocycles. The first-order valence-electron chi connectivity index (χ1n) is 11.4. The van der Waals surface area contributed by atoms with Crippen molar-refractivity contribution in [3.63, 3.8) is 0 Å². The summed E-state index contributed by atoms with van der Waals surface area (Å²) >= 11 is 0. The molecule has 33 heavy (non-hydrogen) atoms. The van der Waals surface area contributed by atoms with Crippen LogP contribution in [0.2, 0.25) is 0 Å². The van der Waals surface area contributed by atoms with Crippen molar-refractivity contribution < 1.29 is 4.79 Å². The Morgan fingerprint density at radius 1 is 0.818 bits per heavy atom. The molecule has 0 aliphatic rings. The van der Waals surface area contributed by atoms with Crippen LogP contribution in [0.5, 0.6) is 0 Å². The molecule has 0 saturated heterocycles. The Morgan fingerprint density at radius 3 is 1.97 bits per heavy atom. The van der Waals surface area contributed by atoms with Crippen molar-refractivity contribution in [1.29, 1.82) is 0 Å². The Kier molecular flexibility index (Phi) is 8.28. The summed E-state index contributed by atoms with van der Waals surface area (Å²) in [6.45, 7) is 7.29. The van der Waals surface area contributed by atoms with Gasteiger partial charge in [0.2, 0.25) is 5.91 Å². The van der Waals surface area contributed by atoms with Gasteiger partial charge in [0, 0.05) is 25.2 Å². The van der Waals surface area contributed by atoms with Gasteiger partial charge in [-0.2, -0.15) is 0 Å². The molecule has 0 aliphatic heterocycles. The predicted molar refractivity (Wildman–Crippen MR) is 137 cm³/mol. The van der Waals surface area contributed by atoms with Gasteiger partial charge in [-0.15, -0.1) is 0 Å². The average Bonchev–Trinajstić information content (AvgIpc) is 2.84. The van der Waals surface area contributed by atoms with Gasteiger partial charge < -0.3 is 10.6 Å². The lowest BCUT2D eigenvalue weighted by molar-refractivity contribution is -0.130. The number of nitrogens with two attached hydrogens (primary N) is 2. The average molecular weight is 443 g/mol. The number of nitrogens with zero attached hydrogens (tertiary/aromatic N) is 2. The molecule has 3 aromatic rings. The minimum absolute atomic E-state index is 0.00623. The molecular formula is C28H34N4O. The zero-order valence-corrected chi connectivity index (χ0v) is 19.8. The van der Waals surface area contributed by atoms with Crippen LogP contribution in [-0.4, -0.2) is 23.9 Å². The number of hydrogen-bond donors (Lipinski definition) is 2. The van der Waals surface area contributed by atoms with Crippen LogP contribution in [0.15, 0.2) is 90.3 Å². The lowest BCUT2D eigenvalue weighted by Crippen LogP contribution is -2.36. The van der Waals surface area contributed by atoms with Crippen molar-refractivity contribution in [2.24, 2.45) is 11.6 Å². The summed E-state index contributed by atoms with van der Waals surface area (Å²) in [5, 5.41) is 1.61. The van der Waals surface area contributed by atoms with E-state index >= 15 is 0 Å². The van der Waals surface area contributed by atoms with Gasteiger partial charge >= 0.3 is 0 Å². The highest BCUT2D eigenvalue weighted by atomic mass is 16.2. The van der Waals surface area contributed by atoms with Gasteiger partial charge in [0.15, 0.2) is 0 Å². The van der Waals surface area contributed by atoms with E-state index in [9.17, 15) is 4.79 Å². The predicted octanol–water partition coefficient (Wildman–Crippen LogP) is 5.01. The number of allylic oxidation sites excluding steroid dienone is 1. The van der Waals surface area contributed by atoms with Crippen LogP contribution in [0.1, 0.15) is 31.4 Å². The number of amides is 1. The van der Waals surface area contributed by atoms with Crippen LogP contribution in [0.25, 0.3) is 11.1 Å². The van der Waals surface area contributed by atoms with E-state index in [1.165, 1.54) is 5.56 Å². The number of carbonyl (C=O) groups is 1. The molecule has 172 valence electrons. The van der Waals surface area contributed by atoms with Crippen LogP contribution in [-0.2, 0) is 11.2 Å². The third-order valence-corrected chi connectivity index (χ3v) is 5.86. The summed E-state index contributed by atoms with van der Waals surface area (Å²) in [6.07, 6.45) is 0.662. The highest BCUT2D eigenvalue weighted by Gasteiger charge is 2.18. The number of hydrazine groups is 1. The van der Waals surface area contributed by atoms with E-state index in [0.717, 1.165) is 28.1 Å². The Labute approximate surface area is 197 Å². The maximum Gasteiger partial charge on any atom is 0.228 e. The number of carbonyl (C=O) groups excluding carboxylic acids is 1. The normalized spacial score (nSPS) is 11.6. The number of hydrogen-bond acceptors (Lipinski definition) is 4. The zero-order chi connectivity index (χ0) is 23.8. The van der Waals surface area contributed by atoms with Crippen LogP contribution in [0, 0.1) is 6.92 Å². The Hall–Kier alpha value is -3.57. The van der Waals surface area contributed by atoms with Gasteiger partial charge in [0.25, 0.3) is 0 Å². The van der Waals surface area contributed by atoms with E-state index in [2.05, 4.69) is 36.4 Å². The van der Waals surface area contributed by atoms with E-state index in [1.54, 1.807) is 9.91 Å². The first kappa shape index (κ1) is 24.1. The highest BCUT2D eigenvalue weighted by molar-refractivity contribution is 5.79. The third-order valence-electron chi connectivity index (χ3n) is 5.86. The second-order valence-electron chi connectivity index (χ2n) is 8.16. The number of benzene rings is 3.